The summed E-state index contributed by atoms with van der Waals surface area (Å²) >= 11 is 2.28. The molecule has 2 rings (SSSR count). The number of nitrogens with zero attached hydrogens (tertiary/aromatic N) is 2. The molecule has 0 aliphatic rings. The second-order valence-electron chi connectivity index (χ2n) is 4.82. The van der Waals surface area contributed by atoms with Crippen LogP contribution in [-0.4, -0.2) is 9.78 Å². The van der Waals surface area contributed by atoms with Gasteiger partial charge in [-0.2, -0.15) is 5.10 Å². The van der Waals surface area contributed by atoms with Gasteiger partial charge in [0.05, 0.1) is 15.8 Å². The average molecular weight is 355 g/mol. The maximum atomic E-state index is 6.13. The molecule has 96 valence electrons. The molecule has 18 heavy (non-hydrogen) atoms. The Balaban J connectivity index is 2.36. The van der Waals surface area contributed by atoms with Crippen molar-refractivity contribution in [2.24, 2.45) is 0 Å². The van der Waals surface area contributed by atoms with Gasteiger partial charge in [-0.05, 0) is 46.6 Å². The monoisotopic (exact) mass is 355 g/mol. The molecule has 3 nitrogen and oxygen atoms in total. The van der Waals surface area contributed by atoms with Gasteiger partial charge < -0.3 is 5.73 Å². The van der Waals surface area contributed by atoms with Crippen LogP contribution in [0.25, 0.3) is 0 Å². The number of nitrogen functional groups attached to an aromatic ring is 1. The molecule has 0 amide bonds. The molecule has 0 bridgehead atoms. The van der Waals surface area contributed by atoms with Gasteiger partial charge in [0.25, 0.3) is 0 Å². The van der Waals surface area contributed by atoms with Gasteiger partial charge in [0.2, 0.25) is 0 Å². The maximum Gasteiger partial charge on any atom is 0.135 e. The molecule has 1 aromatic heterocycles. The minimum atomic E-state index is 0.400. The molecular formula is C14H18IN3. The molecule has 0 saturated carbocycles. The third-order valence-corrected chi connectivity index (χ3v) is 4.19. The molecule has 4 heteroatoms. The number of aromatic nitrogens is 2. The second-order valence-corrected chi connectivity index (χ2v) is 5.90. The number of benzene rings is 1. The first kappa shape index (κ1) is 13.4. The number of nitrogens with two attached hydrogens (primary N) is 1. The highest BCUT2D eigenvalue weighted by Gasteiger charge is 2.16. The van der Waals surface area contributed by atoms with E-state index in [0.29, 0.717) is 5.92 Å². The Morgan fingerprint density at radius 1 is 1.33 bits per heavy atom. The fraction of sp³-hybridized carbons (Fsp3) is 0.357. The van der Waals surface area contributed by atoms with E-state index in [-0.39, 0.29) is 0 Å². The Kier molecular flexibility index (Phi) is 3.94. The van der Waals surface area contributed by atoms with Crippen LogP contribution in [0.1, 0.15) is 36.6 Å². The zero-order valence-corrected chi connectivity index (χ0v) is 13.1. The van der Waals surface area contributed by atoms with Gasteiger partial charge in [-0.25, -0.2) is 4.68 Å². The van der Waals surface area contributed by atoms with Crippen LogP contribution < -0.4 is 5.73 Å². The van der Waals surface area contributed by atoms with Crippen LogP contribution in [0.3, 0.4) is 0 Å². The van der Waals surface area contributed by atoms with Crippen LogP contribution in [0.5, 0.6) is 0 Å². The lowest BCUT2D eigenvalue weighted by Crippen LogP contribution is -2.07. The normalized spacial score (nSPS) is 11.2. The molecule has 0 saturated heterocycles. The average Bonchev–Trinajstić information content (AvgIpc) is 2.60. The number of hydrogen-bond acceptors (Lipinski definition) is 2. The highest BCUT2D eigenvalue weighted by Crippen LogP contribution is 2.26. The minimum Gasteiger partial charge on any atom is -0.383 e. The highest BCUT2D eigenvalue weighted by atomic mass is 127. The van der Waals surface area contributed by atoms with Gasteiger partial charge in [-0.3, -0.25) is 0 Å². The van der Waals surface area contributed by atoms with Gasteiger partial charge in [0.1, 0.15) is 5.82 Å². The van der Waals surface area contributed by atoms with Crippen molar-refractivity contribution in [3.8, 4) is 0 Å². The first-order valence-electron chi connectivity index (χ1n) is 6.07. The topological polar surface area (TPSA) is 43.8 Å². The molecule has 1 heterocycles. The summed E-state index contributed by atoms with van der Waals surface area (Å²) in [7, 11) is 0. The lowest BCUT2D eigenvalue weighted by molar-refractivity contribution is 0.662. The van der Waals surface area contributed by atoms with Crippen LogP contribution in [0.4, 0.5) is 5.82 Å². The van der Waals surface area contributed by atoms with Crippen molar-refractivity contribution < 1.29 is 0 Å². The molecule has 0 unspecified atom stereocenters. The third-order valence-electron chi connectivity index (χ3n) is 3.08. The van der Waals surface area contributed by atoms with Crippen LogP contribution in [0.15, 0.2) is 24.3 Å². The van der Waals surface area contributed by atoms with Crippen molar-refractivity contribution in [1.29, 1.82) is 0 Å². The van der Waals surface area contributed by atoms with Gasteiger partial charge in [0, 0.05) is 0 Å². The van der Waals surface area contributed by atoms with Crippen molar-refractivity contribution in [2.45, 2.75) is 33.2 Å². The highest BCUT2D eigenvalue weighted by molar-refractivity contribution is 14.1. The molecule has 2 aromatic rings. The minimum absolute atomic E-state index is 0.400. The number of aryl methyl sites for hydroxylation is 1. The summed E-state index contributed by atoms with van der Waals surface area (Å²) in [5, 5.41) is 4.63. The fourth-order valence-corrected chi connectivity index (χ4v) is 2.92. The Morgan fingerprint density at radius 2 is 2.00 bits per heavy atom. The number of anilines is 1. The van der Waals surface area contributed by atoms with E-state index >= 15 is 0 Å². The molecule has 0 fully saturated rings. The summed E-state index contributed by atoms with van der Waals surface area (Å²) in [5.41, 5.74) is 9.75. The van der Waals surface area contributed by atoms with E-state index in [1.807, 2.05) is 4.68 Å². The van der Waals surface area contributed by atoms with Gasteiger partial charge >= 0.3 is 0 Å². The number of rotatable bonds is 3. The van der Waals surface area contributed by atoms with E-state index in [0.717, 1.165) is 21.6 Å². The van der Waals surface area contributed by atoms with Gasteiger partial charge in [-0.1, -0.05) is 38.1 Å². The molecule has 2 N–H and O–H groups in total. The summed E-state index contributed by atoms with van der Waals surface area (Å²) in [5.74, 6) is 1.17. The largest absolute Gasteiger partial charge is 0.383 e. The van der Waals surface area contributed by atoms with E-state index in [1.165, 1.54) is 11.1 Å². The quantitative estimate of drug-likeness (QED) is 0.856. The van der Waals surface area contributed by atoms with E-state index < -0.39 is 0 Å². The van der Waals surface area contributed by atoms with Crippen LogP contribution >= 0.6 is 22.6 Å². The lowest BCUT2D eigenvalue weighted by Gasteiger charge is -2.07. The van der Waals surface area contributed by atoms with Crippen molar-refractivity contribution in [2.75, 3.05) is 5.73 Å². The Morgan fingerprint density at radius 3 is 2.56 bits per heavy atom. The van der Waals surface area contributed by atoms with Crippen molar-refractivity contribution in [3.05, 3.63) is 44.7 Å². The fourth-order valence-electron chi connectivity index (χ4n) is 1.91. The van der Waals surface area contributed by atoms with Crippen LogP contribution in [0.2, 0.25) is 0 Å². The predicted molar refractivity (Wildman–Crippen MR) is 83.7 cm³/mol. The Labute approximate surface area is 122 Å². The molecular weight excluding hydrogens is 337 g/mol. The van der Waals surface area contributed by atoms with Crippen molar-refractivity contribution in [1.82, 2.24) is 9.78 Å². The predicted octanol–water partition coefficient (Wildman–Crippen LogP) is 3.55. The zero-order chi connectivity index (χ0) is 13.3. The van der Waals surface area contributed by atoms with E-state index in [4.69, 9.17) is 5.73 Å². The summed E-state index contributed by atoms with van der Waals surface area (Å²) in [6, 6.07) is 8.34. The number of hydrogen-bond donors (Lipinski definition) is 1. The summed E-state index contributed by atoms with van der Waals surface area (Å²) in [6.45, 7) is 7.13. The zero-order valence-electron chi connectivity index (χ0n) is 10.9. The Bertz CT molecular complexity index is 558. The summed E-state index contributed by atoms with van der Waals surface area (Å²) in [6.07, 6.45) is 0. The lowest BCUT2D eigenvalue weighted by atomic mass is 10.1. The summed E-state index contributed by atoms with van der Waals surface area (Å²) < 4.78 is 2.98. The molecule has 0 spiro atoms. The SMILES string of the molecule is Cc1ccccc1Cn1nc(C(C)C)c(I)c1N. The number of halogens is 1. The molecule has 1 aromatic carbocycles. The summed E-state index contributed by atoms with van der Waals surface area (Å²) in [4.78, 5) is 0. The first-order valence-corrected chi connectivity index (χ1v) is 7.14. The third kappa shape index (κ3) is 2.53. The van der Waals surface area contributed by atoms with Crippen molar-refractivity contribution in [3.63, 3.8) is 0 Å². The van der Waals surface area contributed by atoms with Gasteiger partial charge in [-0.15, -0.1) is 0 Å². The molecule has 0 aliphatic heterocycles. The van der Waals surface area contributed by atoms with Gasteiger partial charge in [0.15, 0.2) is 0 Å². The van der Waals surface area contributed by atoms with Crippen molar-refractivity contribution >= 4 is 28.4 Å². The smallest absolute Gasteiger partial charge is 0.135 e. The first-order chi connectivity index (χ1) is 8.50. The van der Waals surface area contributed by atoms with E-state index in [2.05, 4.69) is 72.7 Å². The molecule has 0 aliphatic carbocycles. The standard InChI is InChI=1S/C14H18IN3/c1-9(2)13-12(15)14(16)18(17-13)8-11-7-5-4-6-10(11)3/h4-7,9H,8,16H2,1-3H3. The second kappa shape index (κ2) is 5.30. The molecule has 0 radical (unpaired) electrons. The maximum absolute atomic E-state index is 6.13. The van der Waals surface area contributed by atoms with E-state index in [9.17, 15) is 0 Å². The van der Waals surface area contributed by atoms with E-state index in [1.54, 1.807) is 0 Å². The molecule has 0 atom stereocenters. The van der Waals surface area contributed by atoms with Crippen LogP contribution in [0, 0.1) is 10.5 Å². The van der Waals surface area contributed by atoms with Crippen LogP contribution in [-0.2, 0) is 6.54 Å². The Hall–Kier alpha value is -1.04.